The second kappa shape index (κ2) is 9.63. The number of nitrogens with one attached hydrogen (secondary N) is 2. The molecule has 196 valence electrons. The number of halogens is 1. The molecule has 1 aliphatic rings. The van der Waals surface area contributed by atoms with Crippen LogP contribution in [0, 0.1) is 5.82 Å². The zero-order chi connectivity index (χ0) is 26.3. The molecule has 4 aromatic heterocycles. The summed E-state index contributed by atoms with van der Waals surface area (Å²) in [6.07, 6.45) is 6.17. The monoisotopic (exact) mass is 522 g/mol. The van der Waals surface area contributed by atoms with Crippen molar-refractivity contribution in [2.24, 2.45) is 7.05 Å². The summed E-state index contributed by atoms with van der Waals surface area (Å²) in [6, 6.07) is 14.5. The van der Waals surface area contributed by atoms with E-state index in [1.165, 1.54) is 25.0 Å². The van der Waals surface area contributed by atoms with Gasteiger partial charge in [-0.2, -0.15) is 10.2 Å². The molecular weight excluding hydrogens is 495 g/mol. The van der Waals surface area contributed by atoms with Crippen molar-refractivity contribution in [3.8, 4) is 39.7 Å². The maximum atomic E-state index is 14.7. The lowest BCUT2D eigenvalue weighted by Crippen LogP contribution is -2.25. The Labute approximate surface area is 223 Å². The second-order valence-electron chi connectivity index (χ2n) is 9.93. The highest BCUT2D eigenvalue weighted by molar-refractivity contribution is 5.96. The lowest BCUT2D eigenvalue weighted by Gasteiger charge is -2.15. The van der Waals surface area contributed by atoms with Crippen LogP contribution < -0.4 is 4.74 Å². The molecule has 7 rings (SSSR count). The van der Waals surface area contributed by atoms with Crippen molar-refractivity contribution in [1.82, 2.24) is 39.8 Å². The summed E-state index contributed by atoms with van der Waals surface area (Å²) in [5.41, 5.74) is 6.90. The van der Waals surface area contributed by atoms with Crippen molar-refractivity contribution >= 4 is 22.1 Å². The van der Waals surface area contributed by atoms with Crippen LogP contribution in [0.3, 0.4) is 0 Å². The van der Waals surface area contributed by atoms with Crippen LogP contribution in [0.1, 0.15) is 12.8 Å². The molecule has 5 heterocycles. The SMILES string of the molecule is Cn1cc(-c2ccc3[nH]nc(-c4nc5c(-c6cc(F)cc(OCCN7CCCC7)c6)cccc5[nH]4)c3n2)cn1. The minimum Gasteiger partial charge on any atom is -0.492 e. The number of rotatable bonds is 7. The predicted molar refractivity (Wildman–Crippen MR) is 148 cm³/mol. The van der Waals surface area contributed by atoms with Gasteiger partial charge in [-0.3, -0.25) is 14.7 Å². The smallest absolute Gasteiger partial charge is 0.161 e. The molecule has 2 aromatic carbocycles. The number of fused-ring (bicyclic) bond motifs is 2. The summed E-state index contributed by atoms with van der Waals surface area (Å²) >= 11 is 0. The number of benzene rings is 2. The van der Waals surface area contributed by atoms with Gasteiger partial charge in [-0.25, -0.2) is 14.4 Å². The fourth-order valence-electron chi connectivity index (χ4n) is 5.26. The lowest BCUT2D eigenvalue weighted by atomic mass is 10.0. The molecule has 1 aliphatic heterocycles. The highest BCUT2D eigenvalue weighted by Gasteiger charge is 2.18. The van der Waals surface area contributed by atoms with Crippen LogP contribution in [0.5, 0.6) is 5.75 Å². The summed E-state index contributed by atoms with van der Waals surface area (Å²) in [6.45, 7) is 3.58. The van der Waals surface area contributed by atoms with Crippen LogP contribution in [0.4, 0.5) is 4.39 Å². The number of H-pyrrole nitrogens is 2. The quantitative estimate of drug-likeness (QED) is 0.300. The Balaban J connectivity index is 1.23. The van der Waals surface area contributed by atoms with Crippen molar-refractivity contribution in [1.29, 1.82) is 0 Å². The molecular formula is C29H27FN8O. The first kappa shape index (κ1) is 23.5. The molecule has 6 aromatic rings. The van der Waals surface area contributed by atoms with Crippen molar-refractivity contribution in [2.45, 2.75) is 12.8 Å². The van der Waals surface area contributed by atoms with Crippen molar-refractivity contribution in [3.63, 3.8) is 0 Å². The number of aromatic nitrogens is 7. The maximum absolute atomic E-state index is 14.7. The van der Waals surface area contributed by atoms with E-state index in [2.05, 4.69) is 25.2 Å². The summed E-state index contributed by atoms with van der Waals surface area (Å²) in [7, 11) is 1.87. The Bertz CT molecular complexity index is 1800. The summed E-state index contributed by atoms with van der Waals surface area (Å²) in [5.74, 6) is 0.752. The van der Waals surface area contributed by atoms with Crippen molar-refractivity contribution < 1.29 is 9.13 Å². The number of nitrogens with zero attached hydrogens (tertiary/aromatic N) is 6. The van der Waals surface area contributed by atoms with Gasteiger partial charge in [0, 0.05) is 37.0 Å². The third-order valence-electron chi connectivity index (χ3n) is 7.20. The summed E-state index contributed by atoms with van der Waals surface area (Å²) < 4.78 is 22.4. The van der Waals surface area contributed by atoms with Gasteiger partial charge in [0.25, 0.3) is 0 Å². The van der Waals surface area contributed by atoms with Crippen molar-refractivity contribution in [3.05, 3.63) is 66.7 Å². The van der Waals surface area contributed by atoms with Crippen LogP contribution in [-0.2, 0) is 7.05 Å². The van der Waals surface area contributed by atoms with Gasteiger partial charge >= 0.3 is 0 Å². The highest BCUT2D eigenvalue weighted by Crippen LogP contribution is 2.33. The Hall–Kier alpha value is -4.57. The van der Waals surface area contributed by atoms with Gasteiger partial charge in [-0.1, -0.05) is 12.1 Å². The number of aromatic amines is 2. The Morgan fingerprint density at radius 1 is 0.974 bits per heavy atom. The van der Waals surface area contributed by atoms with Crippen LogP contribution in [0.2, 0.25) is 0 Å². The van der Waals surface area contributed by atoms with E-state index in [0.29, 0.717) is 35.0 Å². The van der Waals surface area contributed by atoms with Crippen molar-refractivity contribution in [2.75, 3.05) is 26.2 Å². The topological polar surface area (TPSA) is 101 Å². The summed E-state index contributed by atoms with van der Waals surface area (Å²) in [4.78, 5) is 15.5. The molecule has 1 saturated heterocycles. The Morgan fingerprint density at radius 2 is 1.87 bits per heavy atom. The molecule has 0 spiro atoms. The largest absolute Gasteiger partial charge is 0.492 e. The molecule has 39 heavy (non-hydrogen) atoms. The second-order valence-corrected chi connectivity index (χ2v) is 9.93. The van der Waals surface area contributed by atoms with E-state index in [1.54, 1.807) is 10.9 Å². The Kier molecular flexibility index (Phi) is 5.81. The van der Waals surface area contributed by atoms with Crippen LogP contribution >= 0.6 is 0 Å². The number of hydrogen-bond donors (Lipinski definition) is 2. The highest BCUT2D eigenvalue weighted by atomic mass is 19.1. The average Bonchev–Trinajstić information content (AvgIpc) is 3.74. The van der Waals surface area contributed by atoms with E-state index in [1.807, 2.05) is 49.6 Å². The van der Waals surface area contributed by atoms with E-state index in [4.69, 9.17) is 14.7 Å². The number of pyridine rings is 1. The van der Waals surface area contributed by atoms with Crippen LogP contribution in [-0.4, -0.2) is 66.1 Å². The van der Waals surface area contributed by atoms with E-state index in [9.17, 15) is 4.39 Å². The number of aryl methyl sites for hydroxylation is 1. The number of para-hydroxylation sites is 1. The van der Waals surface area contributed by atoms with Gasteiger partial charge < -0.3 is 9.72 Å². The van der Waals surface area contributed by atoms with Crippen LogP contribution in [0.25, 0.3) is 56.0 Å². The molecule has 1 fully saturated rings. The third-order valence-corrected chi connectivity index (χ3v) is 7.20. The van der Waals surface area contributed by atoms with E-state index >= 15 is 0 Å². The first-order valence-corrected chi connectivity index (χ1v) is 13.1. The summed E-state index contributed by atoms with van der Waals surface area (Å²) in [5, 5.41) is 11.8. The first-order valence-electron chi connectivity index (χ1n) is 13.1. The number of likely N-dealkylation sites (tertiary alicyclic amines) is 1. The first-order chi connectivity index (χ1) is 19.1. The normalized spacial score (nSPS) is 14.1. The standard InChI is InChI=1S/C29H27FN8O/c1-37-17-19(16-31-37)23-7-8-25-27(32-23)28(36-35-25)29-33-24-6-4-5-22(26(24)34-29)18-13-20(30)15-21(14-18)39-12-11-38-9-2-3-10-38/h4-8,13-17H,2-3,9-12H2,1H3,(H,33,34)(H,35,36). The molecule has 2 N–H and O–H groups in total. The third kappa shape index (κ3) is 4.52. The van der Waals surface area contributed by atoms with Gasteiger partial charge in [-0.15, -0.1) is 0 Å². The fourth-order valence-corrected chi connectivity index (χ4v) is 5.26. The fraction of sp³-hybridized carbons (Fsp3) is 0.241. The van der Waals surface area contributed by atoms with Gasteiger partial charge in [0.05, 0.1) is 28.4 Å². The van der Waals surface area contributed by atoms with Crippen LogP contribution in [0.15, 0.2) is 60.9 Å². The molecule has 0 radical (unpaired) electrons. The van der Waals surface area contributed by atoms with E-state index < -0.39 is 0 Å². The van der Waals surface area contributed by atoms with E-state index in [-0.39, 0.29) is 5.82 Å². The molecule has 0 saturated carbocycles. The molecule has 9 nitrogen and oxygen atoms in total. The molecule has 10 heteroatoms. The zero-order valence-corrected chi connectivity index (χ0v) is 21.5. The van der Waals surface area contributed by atoms with Gasteiger partial charge in [0.1, 0.15) is 23.7 Å². The van der Waals surface area contributed by atoms with Gasteiger partial charge in [0.15, 0.2) is 11.5 Å². The molecule has 0 unspecified atom stereocenters. The number of imidazole rings is 1. The molecule has 0 bridgehead atoms. The lowest BCUT2D eigenvalue weighted by molar-refractivity contribution is 0.237. The van der Waals surface area contributed by atoms with Gasteiger partial charge in [0.2, 0.25) is 0 Å². The number of ether oxygens (including phenoxy) is 1. The number of hydrogen-bond acceptors (Lipinski definition) is 6. The molecule has 0 atom stereocenters. The minimum absolute atomic E-state index is 0.345. The molecule has 0 aliphatic carbocycles. The van der Waals surface area contributed by atoms with Gasteiger partial charge in [-0.05, 0) is 61.8 Å². The minimum atomic E-state index is -0.345. The van der Waals surface area contributed by atoms with E-state index in [0.717, 1.165) is 53.0 Å². The predicted octanol–water partition coefficient (Wildman–Crippen LogP) is 5.18. The zero-order valence-electron chi connectivity index (χ0n) is 21.5. The molecule has 0 amide bonds. The average molecular weight is 523 g/mol. The maximum Gasteiger partial charge on any atom is 0.161 e. The Morgan fingerprint density at radius 3 is 2.72 bits per heavy atom.